The molecule has 0 spiro atoms. The average molecular weight is 270 g/mol. The van der Waals surface area contributed by atoms with E-state index in [1.807, 2.05) is 12.3 Å². The first-order valence-corrected chi connectivity index (χ1v) is 6.90. The Kier molecular flexibility index (Phi) is 3.80. The third kappa shape index (κ3) is 3.42. The highest BCUT2D eigenvalue weighted by atomic mass is 32.2. The lowest BCUT2D eigenvalue weighted by Gasteiger charge is -2.02. The van der Waals surface area contributed by atoms with Crippen LogP contribution in [-0.4, -0.2) is 24.7 Å². The van der Waals surface area contributed by atoms with Gasteiger partial charge in [-0.05, 0) is 18.2 Å². The van der Waals surface area contributed by atoms with Crippen LogP contribution in [0.3, 0.4) is 0 Å². The molecule has 18 heavy (non-hydrogen) atoms. The molecule has 8 heteroatoms. The second kappa shape index (κ2) is 5.34. The summed E-state index contributed by atoms with van der Waals surface area (Å²) in [4.78, 5) is 0. The molecule has 7 nitrogen and oxygen atoms in total. The standard InChI is InChI=1S/C10H14N4O3S/c11-18(15,16)10-3-2-9(17-10)8-12-5-7-14-6-1-4-13-14/h1-4,6,12H,5,7-8H2,(H2,11,15,16). The molecule has 98 valence electrons. The number of nitrogens with two attached hydrogens (primary N) is 1. The topological polar surface area (TPSA) is 103 Å². The summed E-state index contributed by atoms with van der Waals surface area (Å²) in [6.07, 6.45) is 3.58. The molecule has 0 unspecified atom stereocenters. The highest BCUT2D eigenvalue weighted by Gasteiger charge is 2.12. The number of nitrogens with zero attached hydrogens (tertiary/aromatic N) is 2. The van der Waals surface area contributed by atoms with Crippen molar-refractivity contribution in [3.8, 4) is 0 Å². The van der Waals surface area contributed by atoms with Gasteiger partial charge in [-0.25, -0.2) is 13.6 Å². The van der Waals surface area contributed by atoms with Crippen molar-refractivity contribution in [2.75, 3.05) is 6.54 Å². The fraction of sp³-hybridized carbons (Fsp3) is 0.300. The fourth-order valence-electron chi connectivity index (χ4n) is 1.44. The summed E-state index contributed by atoms with van der Waals surface area (Å²) < 4.78 is 28.9. The molecule has 0 fully saturated rings. The van der Waals surface area contributed by atoms with E-state index < -0.39 is 10.0 Å². The van der Waals surface area contributed by atoms with E-state index >= 15 is 0 Å². The van der Waals surface area contributed by atoms with Crippen molar-refractivity contribution < 1.29 is 12.8 Å². The van der Waals surface area contributed by atoms with E-state index in [1.165, 1.54) is 6.07 Å². The molecule has 0 aromatic carbocycles. The Morgan fingerprint density at radius 1 is 1.44 bits per heavy atom. The fourth-order valence-corrected chi connectivity index (χ4v) is 1.92. The van der Waals surface area contributed by atoms with Gasteiger partial charge in [0.15, 0.2) is 0 Å². The van der Waals surface area contributed by atoms with Crippen LogP contribution in [0.15, 0.2) is 40.1 Å². The molecule has 0 atom stereocenters. The third-order valence-electron chi connectivity index (χ3n) is 2.29. The molecule has 0 saturated carbocycles. The first-order valence-electron chi connectivity index (χ1n) is 5.35. The average Bonchev–Trinajstić information content (AvgIpc) is 2.95. The summed E-state index contributed by atoms with van der Waals surface area (Å²) in [5, 5.41) is 11.9. The number of sulfonamides is 1. The maximum Gasteiger partial charge on any atom is 0.271 e. The monoisotopic (exact) mass is 270 g/mol. The van der Waals surface area contributed by atoms with E-state index in [2.05, 4.69) is 10.4 Å². The van der Waals surface area contributed by atoms with Crippen LogP contribution in [0.25, 0.3) is 0 Å². The minimum atomic E-state index is -3.76. The highest BCUT2D eigenvalue weighted by molar-refractivity contribution is 7.89. The summed E-state index contributed by atoms with van der Waals surface area (Å²) in [6, 6.07) is 4.78. The van der Waals surface area contributed by atoms with Gasteiger partial charge in [0, 0.05) is 18.9 Å². The predicted molar refractivity (Wildman–Crippen MR) is 64.0 cm³/mol. The van der Waals surface area contributed by atoms with Gasteiger partial charge in [0.1, 0.15) is 5.76 Å². The predicted octanol–water partition coefficient (Wildman–Crippen LogP) is -0.0867. The third-order valence-corrected chi connectivity index (χ3v) is 3.07. The van der Waals surface area contributed by atoms with E-state index in [0.717, 1.165) is 6.54 Å². The molecule has 2 heterocycles. The van der Waals surface area contributed by atoms with Gasteiger partial charge >= 0.3 is 0 Å². The smallest absolute Gasteiger partial charge is 0.271 e. The quantitative estimate of drug-likeness (QED) is 0.714. The Hall–Kier alpha value is -1.64. The van der Waals surface area contributed by atoms with Crippen LogP contribution in [0.1, 0.15) is 5.76 Å². The first kappa shape index (κ1) is 12.8. The Labute approximate surface area is 105 Å². The number of aromatic nitrogens is 2. The molecule has 0 saturated heterocycles. The van der Waals surface area contributed by atoms with Crippen molar-refractivity contribution in [1.82, 2.24) is 15.1 Å². The molecule has 0 radical (unpaired) electrons. The number of furan rings is 1. The maximum absolute atomic E-state index is 11.0. The Bertz CT molecular complexity index is 588. The van der Waals surface area contributed by atoms with Crippen LogP contribution in [0, 0.1) is 0 Å². The normalized spacial score (nSPS) is 11.8. The van der Waals surface area contributed by atoms with Gasteiger partial charge < -0.3 is 9.73 Å². The first-order chi connectivity index (χ1) is 8.55. The van der Waals surface area contributed by atoms with Crippen LogP contribution < -0.4 is 10.5 Å². The lowest BCUT2D eigenvalue weighted by molar-refractivity contribution is 0.399. The zero-order chi connectivity index (χ0) is 13.0. The van der Waals surface area contributed by atoms with Gasteiger partial charge in [0.2, 0.25) is 5.09 Å². The van der Waals surface area contributed by atoms with Gasteiger partial charge in [-0.2, -0.15) is 5.10 Å². The molecular weight excluding hydrogens is 256 g/mol. The Morgan fingerprint density at radius 3 is 2.89 bits per heavy atom. The number of hydrogen-bond acceptors (Lipinski definition) is 5. The summed E-state index contributed by atoms with van der Waals surface area (Å²) in [5.41, 5.74) is 0. The molecule has 0 bridgehead atoms. The zero-order valence-corrected chi connectivity index (χ0v) is 10.4. The second-order valence-electron chi connectivity index (χ2n) is 3.71. The molecule has 0 aliphatic heterocycles. The number of nitrogens with one attached hydrogen (secondary N) is 1. The van der Waals surface area contributed by atoms with E-state index in [0.29, 0.717) is 18.8 Å². The largest absolute Gasteiger partial charge is 0.447 e. The van der Waals surface area contributed by atoms with Gasteiger partial charge in [-0.1, -0.05) is 0 Å². The van der Waals surface area contributed by atoms with Crippen molar-refractivity contribution in [1.29, 1.82) is 0 Å². The Balaban J connectivity index is 1.79. The molecule has 2 rings (SSSR count). The van der Waals surface area contributed by atoms with E-state index in [1.54, 1.807) is 16.9 Å². The van der Waals surface area contributed by atoms with Gasteiger partial charge in [0.05, 0.1) is 13.1 Å². The lowest BCUT2D eigenvalue weighted by Crippen LogP contribution is -2.19. The molecule has 2 aromatic heterocycles. The molecule has 0 aliphatic carbocycles. The van der Waals surface area contributed by atoms with Crippen LogP contribution >= 0.6 is 0 Å². The summed E-state index contributed by atoms with van der Waals surface area (Å²) in [6.45, 7) is 1.87. The van der Waals surface area contributed by atoms with Crippen LogP contribution in [0.4, 0.5) is 0 Å². The minimum Gasteiger partial charge on any atom is -0.447 e. The number of primary sulfonamides is 1. The molecule has 0 amide bonds. The second-order valence-corrected chi connectivity index (χ2v) is 5.20. The van der Waals surface area contributed by atoms with Crippen LogP contribution in [-0.2, 0) is 23.1 Å². The van der Waals surface area contributed by atoms with E-state index in [4.69, 9.17) is 9.56 Å². The Morgan fingerprint density at radius 2 is 2.28 bits per heavy atom. The van der Waals surface area contributed by atoms with E-state index in [9.17, 15) is 8.42 Å². The lowest BCUT2D eigenvalue weighted by atomic mass is 10.4. The van der Waals surface area contributed by atoms with Crippen LogP contribution in [0.2, 0.25) is 0 Å². The zero-order valence-electron chi connectivity index (χ0n) is 9.61. The van der Waals surface area contributed by atoms with Crippen molar-refractivity contribution in [3.05, 3.63) is 36.4 Å². The molecule has 0 aliphatic rings. The molecular formula is C10H14N4O3S. The van der Waals surface area contributed by atoms with Crippen molar-refractivity contribution in [2.45, 2.75) is 18.2 Å². The summed E-state index contributed by atoms with van der Waals surface area (Å²) >= 11 is 0. The number of rotatable bonds is 6. The SMILES string of the molecule is NS(=O)(=O)c1ccc(CNCCn2cccn2)o1. The van der Waals surface area contributed by atoms with Gasteiger partial charge in [-0.3, -0.25) is 4.68 Å². The number of hydrogen-bond donors (Lipinski definition) is 2. The minimum absolute atomic E-state index is 0.216. The summed E-state index contributed by atoms with van der Waals surface area (Å²) in [7, 11) is -3.76. The van der Waals surface area contributed by atoms with Crippen LogP contribution in [0.5, 0.6) is 0 Å². The van der Waals surface area contributed by atoms with Crippen molar-refractivity contribution in [3.63, 3.8) is 0 Å². The highest BCUT2D eigenvalue weighted by Crippen LogP contribution is 2.11. The molecule has 2 aromatic rings. The summed E-state index contributed by atoms with van der Waals surface area (Å²) in [5.74, 6) is 0.527. The maximum atomic E-state index is 11.0. The van der Waals surface area contributed by atoms with Gasteiger partial charge in [-0.15, -0.1) is 0 Å². The van der Waals surface area contributed by atoms with Crippen molar-refractivity contribution >= 4 is 10.0 Å². The van der Waals surface area contributed by atoms with Crippen molar-refractivity contribution in [2.24, 2.45) is 5.14 Å². The molecule has 3 N–H and O–H groups in total. The van der Waals surface area contributed by atoms with E-state index in [-0.39, 0.29) is 5.09 Å². The van der Waals surface area contributed by atoms with Gasteiger partial charge in [0.25, 0.3) is 10.0 Å².